The van der Waals surface area contributed by atoms with Crippen molar-refractivity contribution < 1.29 is 14.6 Å². The lowest BCUT2D eigenvalue weighted by Gasteiger charge is -2.21. The Bertz CT molecular complexity index is 549. The minimum atomic E-state index is -0.398. The number of fused-ring (bicyclic) bond motifs is 1. The molecule has 3 unspecified atom stereocenters. The molecule has 1 aliphatic heterocycles. The SMILES string of the molecule is CCOC(=O)c1cc(N)cnc1N1CC2CCC(O)C2C1. The van der Waals surface area contributed by atoms with E-state index in [0.717, 1.165) is 25.9 Å². The van der Waals surface area contributed by atoms with Crippen molar-refractivity contribution in [3.63, 3.8) is 0 Å². The van der Waals surface area contributed by atoms with Gasteiger partial charge in [-0.1, -0.05) is 0 Å². The van der Waals surface area contributed by atoms with E-state index in [1.54, 1.807) is 19.2 Å². The van der Waals surface area contributed by atoms with Crippen LogP contribution in [0, 0.1) is 11.8 Å². The summed E-state index contributed by atoms with van der Waals surface area (Å²) in [7, 11) is 0. The van der Waals surface area contributed by atoms with Crippen LogP contribution in [0.4, 0.5) is 11.5 Å². The van der Waals surface area contributed by atoms with E-state index in [4.69, 9.17) is 10.5 Å². The van der Waals surface area contributed by atoms with E-state index in [1.165, 1.54) is 0 Å². The maximum absolute atomic E-state index is 12.1. The number of carbonyl (C=O) groups excluding carboxylic acids is 1. The maximum atomic E-state index is 12.1. The summed E-state index contributed by atoms with van der Waals surface area (Å²) < 4.78 is 5.09. The van der Waals surface area contributed by atoms with Gasteiger partial charge >= 0.3 is 5.97 Å². The number of aliphatic hydroxyl groups is 1. The molecule has 3 atom stereocenters. The molecule has 1 saturated carbocycles. The summed E-state index contributed by atoms with van der Waals surface area (Å²) >= 11 is 0. The normalized spacial score (nSPS) is 27.7. The van der Waals surface area contributed by atoms with Crippen molar-refractivity contribution >= 4 is 17.5 Å². The van der Waals surface area contributed by atoms with Crippen molar-refractivity contribution in [1.82, 2.24) is 4.98 Å². The van der Waals surface area contributed by atoms with Gasteiger partial charge in [-0.15, -0.1) is 0 Å². The molecule has 6 heteroatoms. The molecule has 1 saturated heterocycles. The summed E-state index contributed by atoms with van der Waals surface area (Å²) in [4.78, 5) is 18.5. The van der Waals surface area contributed by atoms with Gasteiger partial charge < -0.3 is 20.5 Å². The minimum absolute atomic E-state index is 0.236. The van der Waals surface area contributed by atoms with E-state index in [-0.39, 0.29) is 12.0 Å². The van der Waals surface area contributed by atoms with E-state index in [1.807, 2.05) is 0 Å². The summed E-state index contributed by atoms with van der Waals surface area (Å²) in [6.45, 7) is 3.64. The summed E-state index contributed by atoms with van der Waals surface area (Å²) in [5.41, 5.74) is 6.60. The third-order valence-corrected chi connectivity index (χ3v) is 4.50. The number of nitrogen functional groups attached to an aromatic ring is 1. The largest absolute Gasteiger partial charge is 0.462 e. The van der Waals surface area contributed by atoms with Crippen LogP contribution in [0.25, 0.3) is 0 Å². The number of anilines is 2. The van der Waals surface area contributed by atoms with Gasteiger partial charge in [-0.3, -0.25) is 0 Å². The van der Waals surface area contributed by atoms with Crippen LogP contribution < -0.4 is 10.6 Å². The van der Waals surface area contributed by atoms with Crippen molar-refractivity contribution in [2.24, 2.45) is 11.8 Å². The Morgan fingerprint density at radius 3 is 3.05 bits per heavy atom. The highest BCUT2D eigenvalue weighted by Crippen LogP contribution is 2.40. The Balaban J connectivity index is 1.87. The molecule has 1 aromatic heterocycles. The van der Waals surface area contributed by atoms with Gasteiger partial charge in [0.25, 0.3) is 0 Å². The molecule has 0 spiro atoms. The second kappa shape index (κ2) is 5.52. The molecular formula is C15H21N3O3. The number of hydrogen-bond acceptors (Lipinski definition) is 6. The Morgan fingerprint density at radius 2 is 2.33 bits per heavy atom. The molecule has 21 heavy (non-hydrogen) atoms. The lowest BCUT2D eigenvalue weighted by molar-refractivity contribution is 0.0526. The van der Waals surface area contributed by atoms with Gasteiger partial charge in [0.2, 0.25) is 0 Å². The zero-order chi connectivity index (χ0) is 15.0. The van der Waals surface area contributed by atoms with Crippen LogP contribution in [0.2, 0.25) is 0 Å². The predicted molar refractivity (Wildman–Crippen MR) is 79.0 cm³/mol. The average molecular weight is 291 g/mol. The summed E-state index contributed by atoms with van der Waals surface area (Å²) in [6, 6.07) is 1.62. The third-order valence-electron chi connectivity index (χ3n) is 4.50. The fraction of sp³-hybridized carbons (Fsp3) is 0.600. The van der Waals surface area contributed by atoms with E-state index in [0.29, 0.717) is 29.6 Å². The van der Waals surface area contributed by atoms with Gasteiger partial charge in [-0.2, -0.15) is 0 Å². The summed E-state index contributed by atoms with van der Waals surface area (Å²) in [5.74, 6) is 0.975. The van der Waals surface area contributed by atoms with Crippen LogP contribution in [0.5, 0.6) is 0 Å². The van der Waals surface area contributed by atoms with Gasteiger partial charge in [-0.05, 0) is 31.7 Å². The molecule has 114 valence electrons. The Morgan fingerprint density at radius 1 is 1.52 bits per heavy atom. The molecule has 2 heterocycles. The van der Waals surface area contributed by atoms with E-state index in [2.05, 4.69) is 9.88 Å². The topological polar surface area (TPSA) is 88.7 Å². The highest BCUT2D eigenvalue weighted by atomic mass is 16.5. The molecule has 0 bridgehead atoms. The van der Waals surface area contributed by atoms with Gasteiger partial charge in [-0.25, -0.2) is 9.78 Å². The van der Waals surface area contributed by atoms with Crippen molar-refractivity contribution in [3.8, 4) is 0 Å². The van der Waals surface area contributed by atoms with Gasteiger partial charge in [0.1, 0.15) is 11.4 Å². The molecule has 6 nitrogen and oxygen atoms in total. The molecule has 0 amide bonds. The molecule has 1 aromatic rings. The molecule has 2 fully saturated rings. The summed E-state index contributed by atoms with van der Waals surface area (Å²) in [6.07, 6.45) is 3.23. The van der Waals surface area contributed by atoms with Crippen LogP contribution in [-0.2, 0) is 4.74 Å². The number of ether oxygens (including phenoxy) is 1. The van der Waals surface area contributed by atoms with Crippen LogP contribution >= 0.6 is 0 Å². The highest BCUT2D eigenvalue weighted by Gasteiger charge is 2.43. The quantitative estimate of drug-likeness (QED) is 0.809. The third kappa shape index (κ3) is 2.55. The number of nitrogens with zero attached hydrogens (tertiary/aromatic N) is 2. The van der Waals surface area contributed by atoms with Crippen molar-refractivity contribution in [2.45, 2.75) is 25.9 Å². The lowest BCUT2D eigenvalue weighted by Crippen LogP contribution is -2.27. The number of aromatic nitrogens is 1. The zero-order valence-corrected chi connectivity index (χ0v) is 12.2. The number of carbonyl (C=O) groups is 1. The van der Waals surface area contributed by atoms with Gasteiger partial charge in [0, 0.05) is 19.0 Å². The van der Waals surface area contributed by atoms with Crippen LogP contribution in [0.1, 0.15) is 30.1 Å². The number of hydrogen-bond donors (Lipinski definition) is 2. The van der Waals surface area contributed by atoms with Crippen LogP contribution in [0.15, 0.2) is 12.3 Å². The Labute approximate surface area is 123 Å². The monoisotopic (exact) mass is 291 g/mol. The zero-order valence-electron chi connectivity index (χ0n) is 12.2. The van der Waals surface area contributed by atoms with E-state index < -0.39 is 5.97 Å². The molecular weight excluding hydrogens is 270 g/mol. The van der Waals surface area contributed by atoms with Crippen LogP contribution in [0.3, 0.4) is 0 Å². The fourth-order valence-corrected chi connectivity index (χ4v) is 3.49. The van der Waals surface area contributed by atoms with Gasteiger partial charge in [0.15, 0.2) is 0 Å². The number of nitrogens with two attached hydrogens (primary N) is 1. The first kappa shape index (κ1) is 14.1. The molecule has 3 rings (SSSR count). The first-order chi connectivity index (χ1) is 10.1. The lowest BCUT2D eigenvalue weighted by atomic mass is 10.00. The number of rotatable bonds is 3. The van der Waals surface area contributed by atoms with Crippen molar-refractivity contribution in [2.75, 3.05) is 30.3 Å². The first-order valence-corrected chi connectivity index (χ1v) is 7.45. The van der Waals surface area contributed by atoms with E-state index >= 15 is 0 Å². The molecule has 0 aromatic carbocycles. The minimum Gasteiger partial charge on any atom is -0.462 e. The number of pyridine rings is 1. The molecule has 2 aliphatic rings. The summed E-state index contributed by atoms with van der Waals surface area (Å²) in [5, 5.41) is 10.0. The Hall–Kier alpha value is -1.82. The second-order valence-corrected chi connectivity index (χ2v) is 5.83. The average Bonchev–Trinajstić information content (AvgIpc) is 3.02. The van der Waals surface area contributed by atoms with E-state index in [9.17, 15) is 9.90 Å². The molecule has 1 aliphatic carbocycles. The van der Waals surface area contributed by atoms with Crippen LogP contribution in [-0.4, -0.2) is 41.9 Å². The van der Waals surface area contributed by atoms with Crippen molar-refractivity contribution in [3.05, 3.63) is 17.8 Å². The van der Waals surface area contributed by atoms with Crippen molar-refractivity contribution in [1.29, 1.82) is 0 Å². The maximum Gasteiger partial charge on any atom is 0.341 e. The standard InChI is InChI=1S/C15H21N3O3/c1-2-21-15(20)11-5-10(16)6-17-14(11)18-7-9-3-4-13(19)12(9)8-18/h5-6,9,12-13,19H,2-4,7-8,16H2,1H3. The highest BCUT2D eigenvalue weighted by molar-refractivity contribution is 5.95. The fourth-order valence-electron chi connectivity index (χ4n) is 3.49. The number of esters is 1. The first-order valence-electron chi connectivity index (χ1n) is 7.45. The molecule has 3 N–H and O–H groups in total. The Kier molecular flexibility index (Phi) is 3.71. The number of aliphatic hydroxyl groups excluding tert-OH is 1. The predicted octanol–water partition coefficient (Wildman–Crippen LogP) is 1.05. The second-order valence-electron chi connectivity index (χ2n) is 5.83. The smallest absolute Gasteiger partial charge is 0.341 e. The van der Waals surface area contributed by atoms with Gasteiger partial charge in [0.05, 0.1) is 24.6 Å². The molecule has 0 radical (unpaired) electrons.